The maximum atomic E-state index is 9.59. The fraction of sp³-hybridized carbons (Fsp3) is 0.667. The number of carbonyl (C=O) groups excluding carboxylic acids is 1. The first-order valence-electron chi connectivity index (χ1n) is 8.56. The highest BCUT2D eigenvalue weighted by Crippen LogP contribution is 1.60. The second-order valence-corrected chi connectivity index (χ2v) is 34.7. The number of esters is 1. The molecule has 0 aliphatic heterocycles. The van der Waals surface area contributed by atoms with Crippen LogP contribution in [0.5, 0.6) is 0 Å². The molecule has 30 heteroatoms. The van der Waals surface area contributed by atoms with Crippen molar-refractivity contribution < 1.29 is 28.9 Å². The zero-order valence-corrected chi connectivity index (χ0v) is 42.2. The summed E-state index contributed by atoms with van der Waals surface area (Å²) in [5.74, 6) is -1.08. The van der Waals surface area contributed by atoms with Gasteiger partial charge >= 0.3 is 5.97 Å². The Morgan fingerprint density at radius 3 is 0.810 bits per heavy atom. The molecule has 0 aromatic carbocycles. The molecule has 0 amide bonds. The number of aliphatic hydroxyl groups is 1. The van der Waals surface area contributed by atoms with Crippen molar-refractivity contribution in [2.24, 2.45) is 0 Å². The van der Waals surface area contributed by atoms with E-state index in [-0.39, 0.29) is 5.97 Å². The van der Waals surface area contributed by atoms with E-state index in [1.165, 1.54) is 49.6 Å². The van der Waals surface area contributed by atoms with Crippen LogP contribution >= 0.6 is 0 Å². The van der Waals surface area contributed by atoms with Crippen LogP contribution in [0.2, 0.25) is 0 Å². The lowest BCUT2D eigenvalue weighted by molar-refractivity contribution is -0.138. The van der Waals surface area contributed by atoms with Crippen molar-refractivity contribution in [3.63, 3.8) is 0 Å². The molecule has 0 aromatic rings. The number of ether oxygens (including phenoxy) is 1. The third-order valence-electron chi connectivity index (χ3n) is 0.704. The minimum Gasteiger partial charge on any atom is -0.481 e. The van der Waals surface area contributed by atoms with Crippen LogP contribution < -0.4 is 0 Å². The molecular weight excluding hydrogens is 1010 g/mol. The van der Waals surface area contributed by atoms with Gasteiger partial charge in [0.1, 0.15) is 0 Å². The summed E-state index contributed by atoms with van der Waals surface area (Å²) in [4.78, 5) is 18.6. The summed E-state index contributed by atoms with van der Waals surface area (Å²) in [7, 11) is 30.9. The summed E-state index contributed by atoms with van der Waals surface area (Å²) < 4.78 is 13.6. The average molecular weight is 1040 g/mol. The molecule has 0 aromatic heterocycles. The van der Waals surface area contributed by atoms with Crippen LogP contribution in [0.25, 0.3) is 0 Å². The molecule has 0 fully saturated rings. The summed E-state index contributed by atoms with van der Waals surface area (Å²) >= 11 is 26.9. The highest BCUT2D eigenvalue weighted by atomic mass is 33.4. The van der Waals surface area contributed by atoms with E-state index in [2.05, 4.69) is 78.4 Å². The van der Waals surface area contributed by atoms with Crippen LogP contribution in [0.15, 0.2) is 12.7 Å². The van der Waals surface area contributed by atoms with Crippen molar-refractivity contribution in [3.8, 4) is 0 Å². The molecule has 0 aliphatic rings. The second kappa shape index (κ2) is 96.8. The summed E-state index contributed by atoms with van der Waals surface area (Å²) in [6.07, 6.45) is 1.75. The largest absolute Gasteiger partial charge is 0.481 e. The molecule has 0 spiro atoms. The van der Waals surface area contributed by atoms with Crippen LogP contribution in [0.4, 0.5) is 4.39 Å². The first-order chi connectivity index (χ1) is 20.2. The fourth-order valence-electron chi connectivity index (χ4n) is 0.147. The van der Waals surface area contributed by atoms with E-state index >= 15 is 0 Å². The molecule has 0 atom stereocenters. The first-order valence-corrected chi connectivity index (χ1v) is 36.6. The van der Waals surface area contributed by atoms with Gasteiger partial charge in [-0.15, -0.1) is 6.58 Å². The van der Waals surface area contributed by atoms with Crippen LogP contribution in [-0.2, 0) is 241 Å². The van der Waals surface area contributed by atoms with Crippen molar-refractivity contribution in [3.05, 3.63) is 12.7 Å². The van der Waals surface area contributed by atoms with Crippen LogP contribution in [0.1, 0.15) is 34.6 Å². The summed E-state index contributed by atoms with van der Waals surface area (Å²) in [6, 6.07) is 0. The monoisotopic (exact) mass is 1040 g/mol. The number of aliphatic carboxylic acids is 1. The number of hydrogen-bond acceptors (Lipinski definition) is 10. The van der Waals surface area contributed by atoms with Gasteiger partial charge in [-0.2, -0.15) is 0 Å². The Kier molecular flexibility index (Phi) is 157. The number of rotatable bonds is 0. The SMILES string of the molecule is C=CC.CC.CC(=O)O.CF.CO.COC(C)=O.S=S=S.S=S=S=S=S=S=S=S=S=S.S=S=S=S=S=S=S=S=S=S=S. The fourth-order valence-corrected chi connectivity index (χ4v) is 35.8. The number of carbonyl (C=O) groups is 2. The number of methoxy groups -OCH3 is 1. The van der Waals surface area contributed by atoms with E-state index in [4.69, 9.17) is 15.0 Å². The zero-order chi connectivity index (χ0) is 35.3. The van der Waals surface area contributed by atoms with Crippen molar-refractivity contribution >= 4 is 239 Å². The smallest absolute Gasteiger partial charge is 0.302 e. The Labute approximate surface area is 330 Å². The third-order valence-corrected chi connectivity index (χ3v) is 34.0. The maximum Gasteiger partial charge on any atom is 0.302 e. The van der Waals surface area contributed by atoms with Crippen molar-refractivity contribution in [1.29, 1.82) is 0 Å². The van der Waals surface area contributed by atoms with Gasteiger partial charge in [0.15, 0.2) is 0 Å². The summed E-state index contributed by atoms with van der Waals surface area (Å²) in [5, 5.41) is 14.4. The third kappa shape index (κ3) is 185. The average Bonchev–Trinajstić information content (AvgIpc) is 2.99. The second-order valence-electron chi connectivity index (χ2n) is 2.85. The van der Waals surface area contributed by atoms with Crippen LogP contribution in [0.3, 0.4) is 0 Å². The minimum absolute atomic E-state index is 0.245. The summed E-state index contributed by atoms with van der Waals surface area (Å²) in [5.41, 5.74) is 0. The number of alkyl halides is 1. The molecule has 0 bridgehead atoms. The lowest BCUT2D eigenvalue weighted by atomic mass is 10.8. The number of carboxylic acids is 1. The van der Waals surface area contributed by atoms with E-state index in [9.17, 15) is 9.18 Å². The quantitative estimate of drug-likeness (QED) is 0.278. The van der Waals surface area contributed by atoms with Crippen molar-refractivity contribution in [2.75, 3.05) is 21.4 Å². The zero-order valence-electron chi connectivity index (χ0n) is 22.6. The Morgan fingerprint density at radius 2 is 0.738 bits per heavy atom. The van der Waals surface area contributed by atoms with E-state index in [1.807, 2.05) is 20.8 Å². The highest BCUT2D eigenvalue weighted by molar-refractivity contribution is 8.74. The first kappa shape index (κ1) is 67.9. The topological polar surface area (TPSA) is 83.8 Å². The number of carboxylic acid groups (broad SMARTS) is 1. The molecule has 0 heterocycles. The van der Waals surface area contributed by atoms with Gasteiger partial charge in [-0.05, 0) is 6.92 Å². The number of hydrogen-bond donors (Lipinski definition) is 2. The van der Waals surface area contributed by atoms with Gasteiger partial charge < -0.3 is 14.9 Å². The van der Waals surface area contributed by atoms with Gasteiger partial charge in [0.2, 0.25) is 0 Å². The van der Waals surface area contributed by atoms with E-state index < -0.39 is 5.97 Å². The normalized spacial score (nSPS) is 5.86. The predicted molar refractivity (Wildman–Crippen MR) is 250 cm³/mol. The Hall–Kier alpha value is 3.85. The van der Waals surface area contributed by atoms with E-state index in [0.717, 1.165) is 22.9 Å². The molecule has 0 radical (unpaired) electrons. The van der Waals surface area contributed by atoms with Gasteiger partial charge in [-0.1, -0.05) is 19.9 Å². The predicted octanol–water partition coefficient (Wildman–Crippen LogP) is 2.63. The summed E-state index contributed by atoms with van der Waals surface area (Å²) in [6.45, 7) is 11.7. The molecule has 5 nitrogen and oxygen atoms in total. The van der Waals surface area contributed by atoms with Gasteiger partial charge in [-0.25, -0.2) is 0 Å². The Bertz CT molecular complexity index is 1300. The molecular formula is C12H29FO5S24. The van der Waals surface area contributed by atoms with Gasteiger partial charge in [0.05, 0.1) is 14.3 Å². The van der Waals surface area contributed by atoms with E-state index in [0.29, 0.717) is 7.18 Å². The van der Waals surface area contributed by atoms with Gasteiger partial charge in [-0.3, -0.25) is 14.0 Å². The highest BCUT2D eigenvalue weighted by Gasteiger charge is 1.75. The lowest BCUT2D eigenvalue weighted by Crippen LogP contribution is -1.88. The molecule has 0 unspecified atom stereocenters. The lowest BCUT2D eigenvalue weighted by Gasteiger charge is -1.80. The maximum absolute atomic E-state index is 9.59. The van der Waals surface area contributed by atoms with Crippen molar-refractivity contribution in [2.45, 2.75) is 34.6 Å². The van der Waals surface area contributed by atoms with Gasteiger partial charge in [0.25, 0.3) is 5.97 Å². The van der Waals surface area contributed by atoms with Crippen LogP contribution in [-0.4, -0.2) is 43.5 Å². The van der Waals surface area contributed by atoms with Gasteiger partial charge in [0, 0.05) is 248 Å². The standard InChI is InChI=1S/C3H6O2.C3H6.C2H4O2.C2H6.CH3F.CH4O.S11.S10.S3/c1-3(4)5-2;1-3-2;1-2(3)4;3*1-2;1-3-5-7-9-11-10-8-6-4-2;1-3-5-7-9-10-8-6-4-2;1-3-2/h1-2H3;3H,1H2,2H3;1H3,(H,3,4);1-2H3;1H3;2H,1H3;;;. The number of aliphatic hydroxyl groups excluding tert-OH is 1. The molecule has 42 heavy (non-hydrogen) atoms. The Morgan fingerprint density at radius 1 is 0.643 bits per heavy atom. The minimum atomic E-state index is -0.833. The molecule has 2 N–H and O–H groups in total. The number of allylic oxidation sites excluding steroid dienone is 1. The van der Waals surface area contributed by atoms with Crippen molar-refractivity contribution in [1.82, 2.24) is 0 Å². The van der Waals surface area contributed by atoms with E-state index in [1.54, 1.807) is 122 Å². The molecule has 0 saturated carbocycles. The molecule has 0 aliphatic carbocycles. The molecule has 0 saturated heterocycles. The molecule has 258 valence electrons. The number of halogens is 1. The van der Waals surface area contributed by atoms with Crippen LogP contribution in [0, 0.1) is 0 Å². The Balaban J connectivity index is -0.0000000457. The molecule has 0 rings (SSSR count).